The monoisotopic (exact) mass is 692 g/mol. The largest absolute Gasteiger partial charge is 0.508 e. The van der Waals surface area contributed by atoms with Crippen LogP contribution in [0.25, 0.3) is 0 Å². The fraction of sp³-hybridized carbons (Fsp3) is 0.923. The van der Waals surface area contributed by atoms with Crippen LogP contribution in [0.5, 0.6) is 0 Å². The summed E-state index contributed by atoms with van der Waals surface area (Å²) in [6.07, 6.45) is 3.08. The van der Waals surface area contributed by atoms with Crippen molar-refractivity contribution in [1.29, 1.82) is 0 Å². The zero-order valence-electron chi connectivity index (χ0n) is 30.7. The molecule has 15 atom stereocenters. The van der Waals surface area contributed by atoms with Gasteiger partial charge >= 0.3 is 6.16 Å². The van der Waals surface area contributed by atoms with Crippen molar-refractivity contribution in [1.82, 2.24) is 0 Å². The van der Waals surface area contributed by atoms with Gasteiger partial charge < -0.3 is 44.5 Å². The van der Waals surface area contributed by atoms with Crippen LogP contribution >= 0.6 is 0 Å². The Kier molecular flexibility index (Phi) is 10.2. The molecule has 6 rings (SSSR count). The van der Waals surface area contributed by atoms with Crippen LogP contribution in [0.15, 0.2) is 12.2 Å². The Morgan fingerprint density at radius 3 is 2.22 bits per heavy atom. The Morgan fingerprint density at radius 2 is 1.53 bits per heavy atom. The number of carbonyl (C=O) groups is 1. The molecule has 0 aromatic carbocycles. The SMILES string of the molecule is C=C(C)C1CCC2(COC(=O)OCCO[C@@H]3OC(CO)[C@@H](O)[C@H](O)[C@H]3O)CC[C@]3(C)C(CCC4C5(C)CC[C@H](O)C(C)(C)C5CCC43C)C12. The van der Waals surface area contributed by atoms with Crippen LogP contribution in [0, 0.1) is 56.7 Å². The Hall–Kier alpha value is -1.27. The average molecular weight is 693 g/mol. The molecular formula is C39H64O10. The van der Waals surface area contributed by atoms with Gasteiger partial charge in [-0.1, -0.05) is 46.8 Å². The molecule has 0 spiro atoms. The summed E-state index contributed by atoms with van der Waals surface area (Å²) >= 11 is 0. The molecule has 9 unspecified atom stereocenters. The minimum Gasteiger partial charge on any atom is -0.434 e. The molecule has 10 nitrogen and oxygen atoms in total. The molecule has 10 heteroatoms. The van der Waals surface area contributed by atoms with Crippen LogP contribution in [0.1, 0.15) is 106 Å². The van der Waals surface area contributed by atoms with Gasteiger partial charge in [0.05, 0.1) is 19.3 Å². The molecule has 1 heterocycles. The number of aliphatic hydroxyl groups is 5. The summed E-state index contributed by atoms with van der Waals surface area (Å²) in [5, 5.41) is 50.6. The first kappa shape index (κ1) is 37.5. The minimum atomic E-state index is -1.54. The molecule has 5 saturated carbocycles. The van der Waals surface area contributed by atoms with Crippen molar-refractivity contribution in [2.75, 3.05) is 26.4 Å². The predicted molar refractivity (Wildman–Crippen MR) is 182 cm³/mol. The Balaban J connectivity index is 1.12. The lowest BCUT2D eigenvalue weighted by Gasteiger charge is -2.73. The normalized spacial score (nSPS) is 50.3. The average Bonchev–Trinajstić information content (AvgIpc) is 3.44. The van der Waals surface area contributed by atoms with Crippen LogP contribution < -0.4 is 0 Å². The summed E-state index contributed by atoms with van der Waals surface area (Å²) in [5.41, 5.74) is 1.63. The lowest BCUT2D eigenvalue weighted by Crippen LogP contribution is -2.66. The second-order valence-electron chi connectivity index (χ2n) is 18.4. The molecule has 0 aromatic rings. The molecule has 6 aliphatic rings. The zero-order valence-corrected chi connectivity index (χ0v) is 30.7. The molecule has 1 saturated heterocycles. The first-order chi connectivity index (χ1) is 23.0. The zero-order chi connectivity index (χ0) is 35.7. The van der Waals surface area contributed by atoms with Gasteiger partial charge in [-0.3, -0.25) is 0 Å². The highest BCUT2D eigenvalue weighted by atomic mass is 16.7. The third kappa shape index (κ3) is 5.82. The van der Waals surface area contributed by atoms with Gasteiger partial charge in [0.15, 0.2) is 6.29 Å². The highest BCUT2D eigenvalue weighted by Gasteiger charge is 2.71. The maximum atomic E-state index is 12.9. The number of allylic oxidation sites excluding steroid dienone is 1. The van der Waals surface area contributed by atoms with Gasteiger partial charge in [-0.2, -0.15) is 0 Å². The molecular weight excluding hydrogens is 628 g/mol. The van der Waals surface area contributed by atoms with Gasteiger partial charge in [0.25, 0.3) is 0 Å². The van der Waals surface area contributed by atoms with E-state index in [9.17, 15) is 30.3 Å². The van der Waals surface area contributed by atoms with E-state index in [4.69, 9.17) is 18.9 Å². The molecule has 0 amide bonds. The van der Waals surface area contributed by atoms with Gasteiger partial charge in [-0.15, -0.1) is 0 Å². The minimum absolute atomic E-state index is 0.0671. The van der Waals surface area contributed by atoms with E-state index in [2.05, 4.69) is 48.1 Å². The van der Waals surface area contributed by atoms with E-state index in [1.165, 1.54) is 31.3 Å². The number of aliphatic hydroxyl groups excluding tert-OH is 5. The predicted octanol–water partition coefficient (Wildman–Crippen LogP) is 4.97. The van der Waals surface area contributed by atoms with E-state index in [0.29, 0.717) is 36.2 Å². The molecule has 280 valence electrons. The first-order valence-electron chi connectivity index (χ1n) is 19.0. The summed E-state index contributed by atoms with van der Waals surface area (Å²) < 4.78 is 22.1. The number of rotatable bonds is 8. The summed E-state index contributed by atoms with van der Waals surface area (Å²) in [6, 6.07) is 0. The topological polar surface area (TPSA) is 155 Å². The van der Waals surface area contributed by atoms with Crippen molar-refractivity contribution >= 4 is 6.16 Å². The van der Waals surface area contributed by atoms with Crippen molar-refractivity contribution in [3.8, 4) is 0 Å². The van der Waals surface area contributed by atoms with E-state index >= 15 is 0 Å². The smallest absolute Gasteiger partial charge is 0.434 e. The molecule has 49 heavy (non-hydrogen) atoms. The van der Waals surface area contributed by atoms with E-state index in [0.717, 1.165) is 38.5 Å². The fourth-order valence-corrected chi connectivity index (χ4v) is 13.3. The van der Waals surface area contributed by atoms with Crippen LogP contribution in [0.2, 0.25) is 0 Å². The maximum Gasteiger partial charge on any atom is 0.508 e. The highest BCUT2D eigenvalue weighted by molar-refractivity contribution is 5.59. The summed E-state index contributed by atoms with van der Waals surface area (Å²) in [4.78, 5) is 12.9. The molecule has 5 N–H and O–H groups in total. The third-order valence-corrected chi connectivity index (χ3v) is 16.1. The number of carbonyl (C=O) groups excluding carboxylic acids is 1. The van der Waals surface area contributed by atoms with Crippen molar-refractivity contribution < 1.29 is 49.3 Å². The standard InChI is InChI=1S/C39H64O10/c1-22(2)23-10-15-39(21-48-34(45)47-19-18-46-33-32(44)31(43)30(42)25(20-40)49-33)17-16-37(6)24(29(23)39)8-9-27-36(5)13-12-28(41)35(3,4)26(36)11-14-38(27,37)7/h23-33,40-44H,1,8-21H2,2-7H3/t23?,24?,25?,26?,27?,28-,29?,30+,31-,32+,33+,36?,37+,38?,39?/m0/s1. The van der Waals surface area contributed by atoms with Crippen LogP contribution in [0.4, 0.5) is 4.79 Å². The lowest BCUT2D eigenvalue weighted by atomic mass is 9.32. The lowest BCUT2D eigenvalue weighted by molar-refractivity contribution is -0.302. The molecule has 5 aliphatic carbocycles. The Bertz CT molecular complexity index is 1240. The molecule has 6 fully saturated rings. The van der Waals surface area contributed by atoms with Gasteiger partial charge in [0, 0.05) is 5.41 Å². The number of hydrogen-bond donors (Lipinski definition) is 5. The summed E-state index contributed by atoms with van der Waals surface area (Å²) in [5.74, 6) is 2.45. The molecule has 0 bridgehead atoms. The second kappa shape index (κ2) is 13.3. The van der Waals surface area contributed by atoms with Crippen LogP contribution in [-0.4, -0.2) is 94.9 Å². The molecule has 0 aromatic heterocycles. The quantitative estimate of drug-likeness (QED) is 0.134. The van der Waals surface area contributed by atoms with E-state index in [-0.39, 0.29) is 46.4 Å². The number of hydrogen-bond acceptors (Lipinski definition) is 10. The Morgan fingerprint density at radius 1 is 0.796 bits per heavy atom. The molecule has 0 radical (unpaired) electrons. The van der Waals surface area contributed by atoms with Crippen molar-refractivity contribution in [2.45, 2.75) is 143 Å². The van der Waals surface area contributed by atoms with Crippen molar-refractivity contribution in [2.24, 2.45) is 56.7 Å². The summed E-state index contributed by atoms with van der Waals surface area (Å²) in [6.45, 7) is 18.5. The number of fused-ring (bicyclic) bond motifs is 7. The van der Waals surface area contributed by atoms with Crippen LogP contribution in [-0.2, 0) is 18.9 Å². The summed E-state index contributed by atoms with van der Waals surface area (Å²) in [7, 11) is 0. The first-order valence-corrected chi connectivity index (χ1v) is 19.0. The van der Waals surface area contributed by atoms with Crippen LogP contribution in [0.3, 0.4) is 0 Å². The fourth-order valence-electron chi connectivity index (χ4n) is 13.3. The van der Waals surface area contributed by atoms with E-state index < -0.39 is 43.5 Å². The van der Waals surface area contributed by atoms with Crippen molar-refractivity contribution in [3.63, 3.8) is 0 Å². The van der Waals surface area contributed by atoms with Gasteiger partial charge in [-0.25, -0.2) is 4.79 Å². The van der Waals surface area contributed by atoms with Gasteiger partial charge in [-0.05, 0) is 122 Å². The third-order valence-electron chi connectivity index (χ3n) is 16.1. The maximum absolute atomic E-state index is 12.9. The highest BCUT2D eigenvalue weighted by Crippen LogP contribution is 2.77. The van der Waals surface area contributed by atoms with Gasteiger partial charge in [0.2, 0.25) is 0 Å². The van der Waals surface area contributed by atoms with E-state index in [1.54, 1.807) is 0 Å². The van der Waals surface area contributed by atoms with E-state index in [1.807, 2.05) is 0 Å². The Labute approximate surface area is 292 Å². The molecule has 1 aliphatic heterocycles. The van der Waals surface area contributed by atoms with Crippen molar-refractivity contribution in [3.05, 3.63) is 12.2 Å². The second-order valence-corrected chi connectivity index (χ2v) is 18.4. The van der Waals surface area contributed by atoms with Gasteiger partial charge in [0.1, 0.15) is 37.6 Å². The number of ether oxygens (including phenoxy) is 4.